The predicted octanol–water partition coefficient (Wildman–Crippen LogP) is 1.44. The Kier molecular flexibility index (Phi) is 4.90. The molecule has 4 unspecified atom stereocenters. The average molecular weight is 359 g/mol. The van der Waals surface area contributed by atoms with E-state index in [9.17, 15) is 9.90 Å². The van der Waals surface area contributed by atoms with Crippen molar-refractivity contribution in [2.75, 3.05) is 6.61 Å². The molecule has 4 rings (SSSR count). The van der Waals surface area contributed by atoms with E-state index in [1.54, 1.807) is 0 Å². The van der Waals surface area contributed by atoms with Crippen LogP contribution in [0.5, 0.6) is 5.75 Å². The molecule has 3 aliphatic rings. The largest absolute Gasteiger partial charge is 0.493 e. The van der Waals surface area contributed by atoms with E-state index < -0.39 is 0 Å². The Balaban J connectivity index is 1.52. The molecule has 0 spiro atoms. The summed E-state index contributed by atoms with van der Waals surface area (Å²) in [5.74, 6) is 1.50. The van der Waals surface area contributed by atoms with Gasteiger partial charge in [0.05, 0.1) is 18.8 Å². The minimum atomic E-state index is -0.244. The van der Waals surface area contributed by atoms with Gasteiger partial charge < -0.3 is 15.2 Å². The number of fused-ring (bicyclic) bond motifs is 1. The van der Waals surface area contributed by atoms with Gasteiger partial charge in [-0.3, -0.25) is 10.2 Å². The van der Waals surface area contributed by atoms with Crippen molar-refractivity contribution >= 4 is 5.91 Å². The number of aliphatic hydroxyl groups excluding tert-OH is 1. The molecule has 6 heteroatoms. The lowest BCUT2D eigenvalue weighted by Gasteiger charge is -2.39. The van der Waals surface area contributed by atoms with E-state index >= 15 is 0 Å². The highest BCUT2D eigenvalue weighted by Gasteiger charge is 2.40. The summed E-state index contributed by atoms with van der Waals surface area (Å²) < 4.78 is 5.61. The van der Waals surface area contributed by atoms with E-state index in [1.807, 2.05) is 6.07 Å². The predicted molar refractivity (Wildman–Crippen MR) is 98.6 cm³/mol. The Hall–Kier alpha value is -1.63. The van der Waals surface area contributed by atoms with Gasteiger partial charge in [0.1, 0.15) is 11.8 Å². The third-order valence-corrected chi connectivity index (χ3v) is 6.30. The summed E-state index contributed by atoms with van der Waals surface area (Å²) in [5.41, 5.74) is 8.71. The van der Waals surface area contributed by atoms with Gasteiger partial charge in [-0.25, -0.2) is 5.43 Å². The highest BCUT2D eigenvalue weighted by molar-refractivity contribution is 5.83. The number of nitrogens with one attached hydrogen (secondary N) is 3. The Morgan fingerprint density at radius 2 is 2.19 bits per heavy atom. The maximum absolute atomic E-state index is 13.0. The van der Waals surface area contributed by atoms with E-state index in [4.69, 9.17) is 4.74 Å². The van der Waals surface area contributed by atoms with Crippen LogP contribution < -0.4 is 20.9 Å². The topological polar surface area (TPSA) is 82.6 Å². The number of hydrogen-bond acceptors (Lipinski definition) is 5. The van der Waals surface area contributed by atoms with Crippen LogP contribution in [0.15, 0.2) is 18.2 Å². The minimum Gasteiger partial charge on any atom is -0.493 e. The van der Waals surface area contributed by atoms with Crippen LogP contribution >= 0.6 is 0 Å². The molecule has 0 aromatic heterocycles. The van der Waals surface area contributed by atoms with E-state index in [0.29, 0.717) is 6.04 Å². The molecule has 4 atom stereocenters. The lowest BCUT2D eigenvalue weighted by molar-refractivity contribution is -0.125. The Morgan fingerprint density at radius 3 is 2.88 bits per heavy atom. The molecule has 0 bridgehead atoms. The molecule has 6 nitrogen and oxygen atoms in total. The Morgan fingerprint density at radius 1 is 1.38 bits per heavy atom. The van der Waals surface area contributed by atoms with Gasteiger partial charge in [0.25, 0.3) is 0 Å². The van der Waals surface area contributed by atoms with Crippen molar-refractivity contribution in [2.45, 2.75) is 63.8 Å². The summed E-state index contributed by atoms with van der Waals surface area (Å²) in [6.07, 6.45) is 3.14. The second kappa shape index (κ2) is 7.18. The number of rotatable bonds is 5. The number of ether oxygens (including phenoxy) is 1. The molecule has 1 saturated carbocycles. The molecule has 1 amide bonds. The number of hydrazine groups is 1. The number of benzene rings is 1. The lowest BCUT2D eigenvalue weighted by Crippen LogP contribution is -2.49. The van der Waals surface area contributed by atoms with Crippen molar-refractivity contribution in [1.29, 1.82) is 0 Å². The highest BCUT2D eigenvalue weighted by Crippen LogP contribution is 2.40. The molecule has 2 heterocycles. The van der Waals surface area contributed by atoms with Gasteiger partial charge in [-0.1, -0.05) is 19.9 Å². The van der Waals surface area contributed by atoms with Crippen LogP contribution in [0.4, 0.5) is 0 Å². The van der Waals surface area contributed by atoms with Gasteiger partial charge in [0.15, 0.2) is 0 Å². The number of amides is 1. The first kappa shape index (κ1) is 17.8. The van der Waals surface area contributed by atoms with Crippen molar-refractivity contribution < 1.29 is 14.6 Å². The van der Waals surface area contributed by atoms with Crippen LogP contribution in [0, 0.1) is 11.8 Å². The summed E-state index contributed by atoms with van der Waals surface area (Å²) in [5, 5.41) is 13.0. The first-order valence-corrected chi connectivity index (χ1v) is 9.82. The molecule has 142 valence electrons. The third-order valence-electron chi connectivity index (χ3n) is 6.30. The molecule has 0 radical (unpaired) electrons. The lowest BCUT2D eigenvalue weighted by atomic mass is 9.74. The van der Waals surface area contributed by atoms with Crippen molar-refractivity contribution in [3.8, 4) is 5.75 Å². The zero-order valence-electron chi connectivity index (χ0n) is 15.5. The van der Waals surface area contributed by atoms with E-state index in [1.165, 1.54) is 5.56 Å². The zero-order chi connectivity index (χ0) is 18.3. The van der Waals surface area contributed by atoms with Gasteiger partial charge in [0, 0.05) is 12.5 Å². The van der Waals surface area contributed by atoms with Crippen molar-refractivity contribution in [3.63, 3.8) is 0 Å². The maximum Gasteiger partial charge on any atom is 0.239 e. The standard InChI is InChI=1S/C20H29N3O3/c1-3-16-11(2)18(23-22-16)20(25)21-19(14-9-15(24)10-14)13-4-5-17-12(8-13)6-7-26-17/h4-5,8,11,14-16,18-19,22-24H,3,6-7,9-10H2,1-2H3,(H,21,25). The van der Waals surface area contributed by atoms with Gasteiger partial charge >= 0.3 is 0 Å². The number of aliphatic hydroxyl groups is 1. The minimum absolute atomic E-state index is 0.0316. The van der Waals surface area contributed by atoms with Crippen LogP contribution in [-0.2, 0) is 11.2 Å². The second-order valence-electron chi connectivity index (χ2n) is 7.98. The summed E-state index contributed by atoms with van der Waals surface area (Å²) in [4.78, 5) is 13.0. The van der Waals surface area contributed by atoms with Crippen LogP contribution in [0.25, 0.3) is 0 Å². The SMILES string of the molecule is CCC1NNC(C(=O)NC(c2ccc3c(c2)CCO3)C2CC(O)C2)C1C. The van der Waals surface area contributed by atoms with Crippen LogP contribution in [0.2, 0.25) is 0 Å². The van der Waals surface area contributed by atoms with Crippen LogP contribution in [0.1, 0.15) is 50.3 Å². The van der Waals surface area contributed by atoms with Crippen molar-refractivity contribution in [2.24, 2.45) is 11.8 Å². The number of carbonyl (C=O) groups is 1. The van der Waals surface area contributed by atoms with E-state index in [-0.39, 0.29) is 35.9 Å². The Bertz CT molecular complexity index is 674. The molecule has 4 N–H and O–H groups in total. The van der Waals surface area contributed by atoms with Crippen LogP contribution in [0.3, 0.4) is 0 Å². The monoisotopic (exact) mass is 359 g/mol. The second-order valence-corrected chi connectivity index (χ2v) is 7.98. The third kappa shape index (κ3) is 3.21. The van der Waals surface area contributed by atoms with Gasteiger partial charge in [0.2, 0.25) is 5.91 Å². The first-order valence-electron chi connectivity index (χ1n) is 9.82. The number of hydrogen-bond donors (Lipinski definition) is 4. The fourth-order valence-corrected chi connectivity index (χ4v) is 4.49. The van der Waals surface area contributed by atoms with Gasteiger partial charge in [-0.2, -0.15) is 0 Å². The van der Waals surface area contributed by atoms with Crippen LogP contribution in [-0.4, -0.2) is 35.8 Å². The summed E-state index contributed by atoms with van der Waals surface area (Å²) in [7, 11) is 0. The van der Waals surface area contributed by atoms with E-state index in [2.05, 4.69) is 42.1 Å². The van der Waals surface area contributed by atoms with Crippen molar-refractivity contribution in [3.05, 3.63) is 29.3 Å². The highest BCUT2D eigenvalue weighted by atomic mass is 16.5. The summed E-state index contributed by atoms with van der Waals surface area (Å²) >= 11 is 0. The normalized spacial score (nSPS) is 33.9. The Labute approximate surface area is 154 Å². The molecule has 2 fully saturated rings. The molecule has 2 aliphatic heterocycles. The molecular formula is C20H29N3O3. The maximum atomic E-state index is 13.0. The molecule has 1 aromatic carbocycles. The summed E-state index contributed by atoms with van der Waals surface area (Å²) in [6, 6.07) is 6.25. The zero-order valence-corrected chi connectivity index (χ0v) is 15.5. The molecule has 1 aliphatic carbocycles. The first-order chi connectivity index (χ1) is 12.6. The fraction of sp³-hybridized carbons (Fsp3) is 0.650. The molecule has 1 aromatic rings. The van der Waals surface area contributed by atoms with Crippen molar-refractivity contribution in [1.82, 2.24) is 16.2 Å². The smallest absolute Gasteiger partial charge is 0.239 e. The molecule has 26 heavy (non-hydrogen) atoms. The summed E-state index contributed by atoms with van der Waals surface area (Å²) in [6.45, 7) is 4.97. The quantitative estimate of drug-likeness (QED) is 0.640. The van der Waals surface area contributed by atoms with Gasteiger partial charge in [-0.15, -0.1) is 0 Å². The average Bonchev–Trinajstić information content (AvgIpc) is 3.22. The fourth-order valence-electron chi connectivity index (χ4n) is 4.49. The molecule has 1 saturated heterocycles. The van der Waals surface area contributed by atoms with E-state index in [0.717, 1.165) is 43.6 Å². The van der Waals surface area contributed by atoms with Gasteiger partial charge in [-0.05, 0) is 54.4 Å². The number of carbonyl (C=O) groups excluding carboxylic acids is 1. The molecular weight excluding hydrogens is 330 g/mol.